The predicted molar refractivity (Wildman–Crippen MR) is 67.6 cm³/mol. The molecule has 0 aliphatic rings. The lowest BCUT2D eigenvalue weighted by molar-refractivity contribution is -0.139. The van der Waals surface area contributed by atoms with Crippen LogP contribution in [0.3, 0.4) is 0 Å². The molecule has 0 aliphatic carbocycles. The molecule has 0 saturated carbocycles. The summed E-state index contributed by atoms with van der Waals surface area (Å²) in [5.74, 6) is -1.26. The number of carbonyl (C=O) groups excluding carboxylic acids is 1. The van der Waals surface area contributed by atoms with Crippen LogP contribution < -0.4 is 0 Å². The average molecular weight is 250 g/mol. The van der Waals surface area contributed by atoms with Crippen LogP contribution in [0.15, 0.2) is 24.3 Å². The summed E-state index contributed by atoms with van der Waals surface area (Å²) in [4.78, 5) is 21.3. The molecule has 0 fully saturated rings. The lowest BCUT2D eigenvalue weighted by Crippen LogP contribution is -2.11. The van der Waals surface area contributed by atoms with Crippen molar-refractivity contribution in [2.24, 2.45) is 0 Å². The third-order valence-corrected chi connectivity index (χ3v) is 2.91. The van der Waals surface area contributed by atoms with Gasteiger partial charge in [-0.3, -0.25) is 4.79 Å². The number of hydrogen-bond acceptors (Lipinski definition) is 3. The van der Waals surface area contributed by atoms with Gasteiger partial charge in [-0.1, -0.05) is 25.0 Å². The van der Waals surface area contributed by atoms with Gasteiger partial charge in [0.05, 0.1) is 5.92 Å². The van der Waals surface area contributed by atoms with Crippen molar-refractivity contribution in [1.29, 1.82) is 0 Å². The minimum absolute atomic E-state index is 0.133. The van der Waals surface area contributed by atoms with Gasteiger partial charge in [-0.15, -0.1) is 0 Å². The number of rotatable bonds is 8. The zero-order chi connectivity index (χ0) is 13.4. The molecule has 0 amide bonds. The fraction of sp³-hybridized carbons (Fsp3) is 0.429. The predicted octanol–water partition coefficient (Wildman–Crippen LogP) is 2.71. The smallest absolute Gasteiger partial charge is 0.310 e. The second-order valence-corrected chi connectivity index (χ2v) is 4.29. The number of carboxylic acids is 1. The molecule has 18 heavy (non-hydrogen) atoms. The van der Waals surface area contributed by atoms with Crippen LogP contribution >= 0.6 is 0 Å². The molecule has 0 saturated heterocycles. The van der Waals surface area contributed by atoms with Crippen molar-refractivity contribution >= 4 is 12.3 Å². The van der Waals surface area contributed by atoms with E-state index in [9.17, 15) is 14.7 Å². The molecule has 4 nitrogen and oxygen atoms in total. The summed E-state index contributed by atoms with van der Waals surface area (Å²) < 4.78 is 0. The van der Waals surface area contributed by atoms with Gasteiger partial charge in [0, 0.05) is 6.42 Å². The number of hydrogen-bond donors (Lipinski definition) is 2. The van der Waals surface area contributed by atoms with E-state index >= 15 is 0 Å². The molecule has 1 aromatic carbocycles. The van der Waals surface area contributed by atoms with Crippen LogP contribution in [0.25, 0.3) is 0 Å². The van der Waals surface area contributed by atoms with E-state index in [0.29, 0.717) is 18.4 Å². The van der Waals surface area contributed by atoms with Gasteiger partial charge in [0.2, 0.25) is 0 Å². The van der Waals surface area contributed by atoms with Crippen LogP contribution in [0.5, 0.6) is 5.75 Å². The molecule has 2 N–H and O–H groups in total. The van der Waals surface area contributed by atoms with Crippen molar-refractivity contribution in [3.05, 3.63) is 29.8 Å². The number of phenolic OH excluding ortho intramolecular Hbond substituents is 1. The lowest BCUT2D eigenvalue weighted by Gasteiger charge is -2.12. The molecule has 1 rings (SSSR count). The van der Waals surface area contributed by atoms with Crippen LogP contribution in [-0.4, -0.2) is 22.5 Å². The zero-order valence-corrected chi connectivity index (χ0v) is 10.2. The first-order valence-corrected chi connectivity index (χ1v) is 6.10. The minimum Gasteiger partial charge on any atom is -0.508 e. The molecular formula is C14H18O4. The molecule has 0 radical (unpaired) electrons. The van der Waals surface area contributed by atoms with Crippen LogP contribution in [0, 0.1) is 0 Å². The number of carbonyl (C=O) groups is 2. The Kier molecular flexibility index (Phi) is 5.91. The fourth-order valence-electron chi connectivity index (χ4n) is 1.89. The maximum Gasteiger partial charge on any atom is 0.310 e. The Morgan fingerprint density at radius 3 is 2.39 bits per heavy atom. The molecule has 4 heteroatoms. The number of carboxylic acid groups (broad SMARTS) is 1. The van der Waals surface area contributed by atoms with Crippen molar-refractivity contribution in [1.82, 2.24) is 0 Å². The Morgan fingerprint density at radius 1 is 1.17 bits per heavy atom. The maximum absolute atomic E-state index is 11.2. The van der Waals surface area contributed by atoms with Gasteiger partial charge in [-0.25, -0.2) is 0 Å². The summed E-state index contributed by atoms with van der Waals surface area (Å²) in [5, 5.41) is 18.3. The van der Waals surface area contributed by atoms with Crippen LogP contribution in [0.4, 0.5) is 0 Å². The lowest BCUT2D eigenvalue weighted by atomic mass is 9.93. The molecule has 0 bridgehead atoms. The quantitative estimate of drug-likeness (QED) is 0.549. The highest BCUT2D eigenvalue weighted by atomic mass is 16.4. The maximum atomic E-state index is 11.2. The molecule has 0 heterocycles. The summed E-state index contributed by atoms with van der Waals surface area (Å²) in [6, 6.07) is 6.27. The fourth-order valence-corrected chi connectivity index (χ4v) is 1.89. The number of unbranched alkanes of at least 4 members (excludes halogenated alkanes) is 3. The van der Waals surface area contributed by atoms with Crippen molar-refractivity contribution in [3.8, 4) is 5.75 Å². The van der Waals surface area contributed by atoms with Gasteiger partial charge < -0.3 is 15.0 Å². The van der Waals surface area contributed by atoms with Crippen molar-refractivity contribution in [2.45, 2.75) is 38.0 Å². The van der Waals surface area contributed by atoms with E-state index in [1.807, 2.05) is 0 Å². The molecule has 0 aromatic heterocycles. The first-order chi connectivity index (χ1) is 8.65. The second kappa shape index (κ2) is 7.48. The Bertz CT molecular complexity index is 383. The van der Waals surface area contributed by atoms with Gasteiger partial charge in [0.15, 0.2) is 0 Å². The van der Waals surface area contributed by atoms with Gasteiger partial charge in [0.1, 0.15) is 12.0 Å². The average Bonchev–Trinajstić information content (AvgIpc) is 2.35. The highest BCUT2D eigenvalue weighted by Gasteiger charge is 2.18. The summed E-state index contributed by atoms with van der Waals surface area (Å²) >= 11 is 0. The molecule has 1 atom stereocenters. The largest absolute Gasteiger partial charge is 0.508 e. The first kappa shape index (κ1) is 14.2. The van der Waals surface area contributed by atoms with E-state index in [2.05, 4.69) is 0 Å². The standard InChI is InChI=1S/C14H18O4/c15-10-4-2-1-3-5-13(14(17)18)11-6-8-12(16)9-7-11/h6-10,13,16H,1-5H2,(H,17,18). The molecule has 0 aliphatic heterocycles. The van der Waals surface area contributed by atoms with E-state index in [0.717, 1.165) is 25.5 Å². The Balaban J connectivity index is 2.52. The summed E-state index contributed by atoms with van der Waals surface area (Å²) in [6.07, 6.45) is 4.43. The summed E-state index contributed by atoms with van der Waals surface area (Å²) in [6.45, 7) is 0. The molecular weight excluding hydrogens is 232 g/mol. The van der Waals surface area contributed by atoms with E-state index in [-0.39, 0.29) is 5.75 Å². The Hall–Kier alpha value is -1.84. The topological polar surface area (TPSA) is 74.6 Å². The number of aromatic hydroxyl groups is 1. The van der Waals surface area contributed by atoms with Crippen LogP contribution in [0.2, 0.25) is 0 Å². The summed E-state index contributed by atoms with van der Waals surface area (Å²) in [7, 11) is 0. The number of aldehydes is 1. The van der Waals surface area contributed by atoms with Gasteiger partial charge >= 0.3 is 5.97 Å². The number of phenols is 1. The molecule has 1 aromatic rings. The summed E-state index contributed by atoms with van der Waals surface area (Å²) in [5.41, 5.74) is 0.704. The number of aliphatic carboxylic acids is 1. The first-order valence-electron chi connectivity index (χ1n) is 6.10. The van der Waals surface area contributed by atoms with Gasteiger partial charge in [-0.2, -0.15) is 0 Å². The van der Waals surface area contributed by atoms with Crippen LogP contribution in [0.1, 0.15) is 43.6 Å². The minimum atomic E-state index is -0.851. The van der Waals surface area contributed by atoms with E-state index in [1.54, 1.807) is 12.1 Å². The molecule has 0 spiro atoms. The molecule has 1 unspecified atom stereocenters. The highest BCUT2D eigenvalue weighted by molar-refractivity contribution is 5.76. The number of benzene rings is 1. The normalized spacial score (nSPS) is 12.0. The van der Waals surface area contributed by atoms with E-state index < -0.39 is 11.9 Å². The SMILES string of the molecule is O=CCCCCCC(C(=O)O)c1ccc(O)cc1. The van der Waals surface area contributed by atoms with Gasteiger partial charge in [-0.05, 0) is 30.5 Å². The third kappa shape index (κ3) is 4.57. The zero-order valence-electron chi connectivity index (χ0n) is 10.2. The highest BCUT2D eigenvalue weighted by Crippen LogP contribution is 2.24. The Labute approximate surface area is 106 Å². The van der Waals surface area contributed by atoms with E-state index in [1.165, 1.54) is 12.1 Å². The van der Waals surface area contributed by atoms with Gasteiger partial charge in [0.25, 0.3) is 0 Å². The van der Waals surface area contributed by atoms with Crippen LogP contribution in [-0.2, 0) is 9.59 Å². The Morgan fingerprint density at radius 2 is 1.83 bits per heavy atom. The van der Waals surface area contributed by atoms with Crippen molar-refractivity contribution in [3.63, 3.8) is 0 Å². The second-order valence-electron chi connectivity index (χ2n) is 4.29. The third-order valence-electron chi connectivity index (χ3n) is 2.91. The van der Waals surface area contributed by atoms with Crippen molar-refractivity contribution < 1.29 is 19.8 Å². The van der Waals surface area contributed by atoms with E-state index in [4.69, 9.17) is 5.11 Å². The van der Waals surface area contributed by atoms with Crippen molar-refractivity contribution in [2.75, 3.05) is 0 Å². The molecule has 98 valence electrons. The monoisotopic (exact) mass is 250 g/mol.